The molecule has 2 N–H and O–H groups in total. The maximum atomic E-state index is 13.1. The van der Waals surface area contributed by atoms with Gasteiger partial charge in [-0.3, -0.25) is 9.36 Å². The average molecular weight is 307 g/mol. The zero-order chi connectivity index (χ0) is 16.2. The first-order chi connectivity index (χ1) is 10.2. The van der Waals surface area contributed by atoms with Gasteiger partial charge in [0.1, 0.15) is 5.82 Å². The molecule has 1 aliphatic carbocycles. The van der Waals surface area contributed by atoms with Crippen LogP contribution in [0.3, 0.4) is 0 Å². The Labute approximate surface area is 127 Å². The van der Waals surface area contributed by atoms with Gasteiger partial charge in [-0.2, -0.15) is 0 Å². The number of nitrogens with two attached hydrogens (primary N) is 1. The van der Waals surface area contributed by atoms with Crippen molar-refractivity contribution in [2.45, 2.75) is 44.6 Å². The minimum atomic E-state index is -2.64. The molecule has 118 valence electrons. The molecule has 1 aromatic carbocycles. The van der Waals surface area contributed by atoms with Crippen LogP contribution in [-0.2, 0) is 7.05 Å². The molecule has 6 heteroatoms. The molecule has 1 fully saturated rings. The van der Waals surface area contributed by atoms with E-state index in [1.54, 1.807) is 13.1 Å². The van der Waals surface area contributed by atoms with Crippen LogP contribution in [0.5, 0.6) is 0 Å². The quantitative estimate of drug-likeness (QED) is 0.928. The zero-order valence-electron chi connectivity index (χ0n) is 12.9. The molecule has 3 rings (SSSR count). The van der Waals surface area contributed by atoms with Crippen LogP contribution in [0.25, 0.3) is 10.9 Å². The summed E-state index contributed by atoms with van der Waals surface area (Å²) in [6.07, 6.45) is -0.504. The van der Waals surface area contributed by atoms with E-state index in [9.17, 15) is 13.6 Å². The Morgan fingerprint density at radius 1 is 1.41 bits per heavy atom. The van der Waals surface area contributed by atoms with E-state index in [2.05, 4.69) is 4.98 Å². The van der Waals surface area contributed by atoms with Crippen LogP contribution in [0.15, 0.2) is 16.9 Å². The summed E-state index contributed by atoms with van der Waals surface area (Å²) in [5.74, 6) is -2.59. The third kappa shape index (κ3) is 2.31. The molecule has 0 spiro atoms. The lowest BCUT2D eigenvalue weighted by Crippen LogP contribution is -2.37. The lowest BCUT2D eigenvalue weighted by Gasteiger charge is -2.35. The summed E-state index contributed by atoms with van der Waals surface area (Å²) in [5.41, 5.74) is 8.02. The van der Waals surface area contributed by atoms with E-state index in [0.717, 1.165) is 11.1 Å². The molecule has 1 heterocycles. The zero-order valence-corrected chi connectivity index (χ0v) is 12.9. The molecular weight excluding hydrogens is 288 g/mol. The van der Waals surface area contributed by atoms with Gasteiger partial charge in [-0.15, -0.1) is 0 Å². The highest BCUT2D eigenvalue weighted by Crippen LogP contribution is 2.47. The SMILES string of the molecule is Cc1cc([C@@H](C)N)c2nc(C3CC(F)(F)C3)n(C)c(=O)c2c1. The monoisotopic (exact) mass is 307 g/mol. The second-order valence-electron chi connectivity index (χ2n) is 6.33. The molecule has 1 aliphatic rings. The number of rotatable bonds is 2. The van der Waals surface area contributed by atoms with Crippen LogP contribution < -0.4 is 11.3 Å². The highest BCUT2D eigenvalue weighted by molar-refractivity contribution is 5.82. The molecule has 0 aliphatic heterocycles. The van der Waals surface area contributed by atoms with Gasteiger partial charge < -0.3 is 5.73 Å². The van der Waals surface area contributed by atoms with Crippen molar-refractivity contribution in [3.63, 3.8) is 0 Å². The van der Waals surface area contributed by atoms with Gasteiger partial charge in [-0.1, -0.05) is 6.07 Å². The minimum absolute atomic E-state index is 0.208. The van der Waals surface area contributed by atoms with Crippen molar-refractivity contribution in [3.8, 4) is 0 Å². The predicted molar refractivity (Wildman–Crippen MR) is 81.2 cm³/mol. The van der Waals surface area contributed by atoms with Crippen LogP contribution in [0.1, 0.15) is 48.7 Å². The minimum Gasteiger partial charge on any atom is -0.324 e. The number of nitrogens with zero attached hydrogens (tertiary/aromatic N) is 2. The van der Waals surface area contributed by atoms with Crippen LogP contribution in [0, 0.1) is 6.92 Å². The van der Waals surface area contributed by atoms with E-state index in [0.29, 0.717) is 16.7 Å². The molecule has 22 heavy (non-hydrogen) atoms. The summed E-state index contributed by atoms with van der Waals surface area (Å²) in [6, 6.07) is 3.39. The molecule has 0 radical (unpaired) electrons. The van der Waals surface area contributed by atoms with E-state index in [4.69, 9.17) is 5.73 Å². The fourth-order valence-electron chi connectivity index (χ4n) is 3.12. The number of hydrogen-bond donors (Lipinski definition) is 1. The summed E-state index contributed by atoms with van der Waals surface area (Å²) in [5, 5.41) is 0.490. The third-order valence-corrected chi connectivity index (χ3v) is 4.33. The highest BCUT2D eigenvalue weighted by Gasteiger charge is 2.47. The van der Waals surface area contributed by atoms with Crippen molar-refractivity contribution < 1.29 is 8.78 Å². The van der Waals surface area contributed by atoms with Gasteiger partial charge in [0.2, 0.25) is 5.92 Å². The summed E-state index contributed by atoms with van der Waals surface area (Å²) in [7, 11) is 1.59. The lowest BCUT2D eigenvalue weighted by atomic mass is 9.80. The number of alkyl halides is 2. The van der Waals surface area contributed by atoms with Crippen molar-refractivity contribution in [2.24, 2.45) is 12.8 Å². The lowest BCUT2D eigenvalue weighted by molar-refractivity contribution is -0.0891. The second-order valence-corrected chi connectivity index (χ2v) is 6.33. The van der Waals surface area contributed by atoms with E-state index < -0.39 is 5.92 Å². The molecule has 1 aromatic heterocycles. The van der Waals surface area contributed by atoms with Crippen LogP contribution in [0.2, 0.25) is 0 Å². The van der Waals surface area contributed by atoms with Gasteiger partial charge in [0.25, 0.3) is 5.56 Å². The van der Waals surface area contributed by atoms with Gasteiger partial charge in [0.05, 0.1) is 10.9 Å². The second kappa shape index (κ2) is 4.84. The first kappa shape index (κ1) is 15.1. The number of benzene rings is 1. The van der Waals surface area contributed by atoms with Crippen molar-refractivity contribution in [2.75, 3.05) is 0 Å². The van der Waals surface area contributed by atoms with Crippen molar-refractivity contribution in [3.05, 3.63) is 39.4 Å². The standard InChI is InChI=1S/C16H19F2N3O/c1-8-4-11(9(2)19)13-12(5-8)15(22)21(3)14(20-13)10-6-16(17,18)7-10/h4-5,9-10H,6-7,19H2,1-3H3/t9-/m1/s1. The Morgan fingerprint density at radius 2 is 2.05 bits per heavy atom. The van der Waals surface area contributed by atoms with E-state index in [1.807, 2.05) is 19.9 Å². The molecular formula is C16H19F2N3O. The molecule has 1 saturated carbocycles. The number of halogens is 2. The number of aryl methyl sites for hydroxylation is 1. The molecule has 2 aromatic rings. The van der Waals surface area contributed by atoms with Crippen molar-refractivity contribution in [1.82, 2.24) is 9.55 Å². The molecule has 0 saturated heterocycles. The molecule has 4 nitrogen and oxygen atoms in total. The Kier molecular flexibility index (Phi) is 3.32. The van der Waals surface area contributed by atoms with Gasteiger partial charge in [0, 0.05) is 31.8 Å². The van der Waals surface area contributed by atoms with Crippen LogP contribution >= 0.6 is 0 Å². The van der Waals surface area contributed by atoms with Crippen molar-refractivity contribution >= 4 is 10.9 Å². The van der Waals surface area contributed by atoms with Crippen LogP contribution in [-0.4, -0.2) is 15.5 Å². The molecule has 0 amide bonds. The van der Waals surface area contributed by atoms with Gasteiger partial charge in [0.15, 0.2) is 0 Å². The summed E-state index contributed by atoms with van der Waals surface area (Å²) < 4.78 is 27.7. The normalized spacial score (nSPS) is 19.2. The topological polar surface area (TPSA) is 60.9 Å². The van der Waals surface area contributed by atoms with Gasteiger partial charge in [-0.25, -0.2) is 13.8 Å². The van der Waals surface area contributed by atoms with Gasteiger partial charge >= 0.3 is 0 Å². The highest BCUT2D eigenvalue weighted by atomic mass is 19.3. The first-order valence-electron chi connectivity index (χ1n) is 7.34. The molecule has 0 bridgehead atoms. The van der Waals surface area contributed by atoms with Crippen LogP contribution in [0.4, 0.5) is 8.78 Å². The maximum Gasteiger partial charge on any atom is 0.261 e. The fraction of sp³-hybridized carbons (Fsp3) is 0.500. The third-order valence-electron chi connectivity index (χ3n) is 4.33. The largest absolute Gasteiger partial charge is 0.324 e. The summed E-state index contributed by atoms with van der Waals surface area (Å²) in [6.45, 7) is 3.72. The summed E-state index contributed by atoms with van der Waals surface area (Å²) in [4.78, 5) is 17.1. The summed E-state index contributed by atoms with van der Waals surface area (Å²) >= 11 is 0. The smallest absolute Gasteiger partial charge is 0.261 e. The molecule has 0 unspecified atom stereocenters. The molecule has 1 atom stereocenters. The average Bonchev–Trinajstić information content (AvgIpc) is 2.39. The Hall–Kier alpha value is -1.82. The Morgan fingerprint density at radius 3 is 2.59 bits per heavy atom. The Balaban J connectivity index is 2.24. The number of hydrogen-bond acceptors (Lipinski definition) is 3. The number of aromatic nitrogens is 2. The fourth-order valence-corrected chi connectivity index (χ4v) is 3.12. The number of fused-ring (bicyclic) bond motifs is 1. The van der Waals surface area contributed by atoms with E-state index in [1.165, 1.54) is 4.57 Å². The predicted octanol–water partition coefficient (Wildman–Crippen LogP) is 2.77. The van der Waals surface area contributed by atoms with E-state index >= 15 is 0 Å². The van der Waals surface area contributed by atoms with Crippen molar-refractivity contribution in [1.29, 1.82) is 0 Å². The van der Waals surface area contributed by atoms with E-state index in [-0.39, 0.29) is 30.4 Å². The van der Waals surface area contributed by atoms with Gasteiger partial charge in [-0.05, 0) is 31.0 Å². The maximum absolute atomic E-state index is 13.1. The first-order valence-corrected chi connectivity index (χ1v) is 7.34. The Bertz CT molecular complexity index is 803.